The molecule has 0 aliphatic carbocycles. The zero-order valence-corrected chi connectivity index (χ0v) is 7.56. The Balaban J connectivity index is 0.000000810. The first-order chi connectivity index (χ1) is 4.33. The van der Waals surface area contributed by atoms with Gasteiger partial charge in [0.1, 0.15) is 5.69 Å². The van der Waals surface area contributed by atoms with Gasteiger partial charge in [-0.15, -0.1) is 0 Å². The Bertz CT molecular complexity index is 187. The van der Waals surface area contributed by atoms with Gasteiger partial charge in [-0.25, -0.2) is 5.43 Å². The third-order valence-corrected chi connectivity index (χ3v) is 1.59. The molecule has 2 nitrogen and oxygen atoms in total. The highest BCUT2D eigenvalue weighted by Crippen LogP contribution is 2.09. The van der Waals surface area contributed by atoms with Gasteiger partial charge in [-0.2, -0.15) is 5.84 Å². The van der Waals surface area contributed by atoms with Crippen molar-refractivity contribution < 1.29 is 17.8 Å². The fourth-order valence-electron chi connectivity index (χ4n) is 0.574. The van der Waals surface area contributed by atoms with Gasteiger partial charge in [0, 0.05) is 16.6 Å². The van der Waals surface area contributed by atoms with E-state index in [-0.39, 0.29) is 12.4 Å². The normalized spacial score (nSPS) is 8.60. The van der Waals surface area contributed by atoms with E-state index in [0.29, 0.717) is 0 Å². The minimum Gasteiger partial charge on any atom is -1.00 e. The van der Waals surface area contributed by atoms with Crippen LogP contribution in [0.25, 0.3) is 0 Å². The molecule has 1 aromatic carbocycles. The van der Waals surface area contributed by atoms with Gasteiger partial charge in [-0.1, -0.05) is 15.9 Å². The van der Waals surface area contributed by atoms with Crippen LogP contribution in [0, 0.1) is 0 Å². The topological polar surface area (TPSA) is 42.6 Å². The molecule has 1 rings (SSSR count). The molecule has 0 aliphatic heterocycles. The predicted octanol–water partition coefficient (Wildman–Crippen LogP) is -2.48. The molecular weight excluding hydrogens is 215 g/mol. The van der Waals surface area contributed by atoms with Crippen LogP contribution in [-0.4, -0.2) is 0 Å². The van der Waals surface area contributed by atoms with Crippen molar-refractivity contribution >= 4 is 21.6 Å². The van der Waals surface area contributed by atoms with Gasteiger partial charge < -0.3 is 12.4 Å². The summed E-state index contributed by atoms with van der Waals surface area (Å²) in [6.07, 6.45) is 0. The van der Waals surface area contributed by atoms with E-state index in [0.717, 1.165) is 10.2 Å². The van der Waals surface area contributed by atoms with Crippen molar-refractivity contribution in [1.82, 2.24) is 0 Å². The molecule has 0 atom stereocenters. The first-order valence-electron chi connectivity index (χ1n) is 2.63. The van der Waals surface area contributed by atoms with E-state index >= 15 is 0 Å². The molecular formula is C6H8BrClN2. The van der Waals surface area contributed by atoms with Crippen molar-refractivity contribution in [2.75, 3.05) is 0 Å². The molecule has 0 heterocycles. The first-order valence-corrected chi connectivity index (χ1v) is 3.43. The Morgan fingerprint density at radius 2 is 1.70 bits per heavy atom. The van der Waals surface area contributed by atoms with Crippen molar-refractivity contribution in [2.45, 2.75) is 0 Å². The van der Waals surface area contributed by atoms with E-state index in [1.54, 1.807) is 5.43 Å². The van der Waals surface area contributed by atoms with Crippen LogP contribution < -0.4 is 23.7 Å². The summed E-state index contributed by atoms with van der Waals surface area (Å²) in [4.78, 5) is 0. The Morgan fingerprint density at radius 3 is 2.10 bits per heavy atom. The summed E-state index contributed by atoms with van der Waals surface area (Å²) in [7, 11) is 0. The minimum absolute atomic E-state index is 0. The number of halogens is 2. The zero-order chi connectivity index (χ0) is 6.69. The Labute approximate surface area is 74.3 Å². The molecule has 10 heavy (non-hydrogen) atoms. The Morgan fingerprint density at radius 1 is 1.20 bits per heavy atom. The smallest absolute Gasteiger partial charge is 0.148 e. The number of hydrogen-bond acceptors (Lipinski definition) is 1. The molecule has 0 radical (unpaired) electrons. The van der Waals surface area contributed by atoms with Gasteiger partial charge in [0.15, 0.2) is 0 Å². The van der Waals surface area contributed by atoms with E-state index in [9.17, 15) is 0 Å². The molecule has 0 fully saturated rings. The highest BCUT2D eigenvalue weighted by atomic mass is 79.9. The summed E-state index contributed by atoms with van der Waals surface area (Å²) in [5.41, 5.74) is 2.62. The van der Waals surface area contributed by atoms with Crippen LogP contribution >= 0.6 is 15.9 Å². The SMILES string of the molecule is N[NH2+]c1ccc(Br)cc1.[Cl-]. The molecule has 0 spiro atoms. The second kappa shape index (κ2) is 4.68. The molecule has 0 unspecified atom stereocenters. The second-order valence-corrected chi connectivity index (χ2v) is 2.63. The minimum atomic E-state index is 0. The maximum absolute atomic E-state index is 5.26. The molecule has 1 aromatic rings. The number of rotatable bonds is 1. The largest absolute Gasteiger partial charge is 1.00 e. The van der Waals surface area contributed by atoms with Crippen molar-refractivity contribution in [3.05, 3.63) is 28.7 Å². The maximum Gasteiger partial charge on any atom is 0.148 e. The van der Waals surface area contributed by atoms with E-state index < -0.39 is 0 Å². The summed E-state index contributed by atoms with van der Waals surface area (Å²) >= 11 is 3.32. The highest BCUT2D eigenvalue weighted by molar-refractivity contribution is 9.10. The number of benzene rings is 1. The van der Waals surface area contributed by atoms with Crippen LogP contribution in [0.15, 0.2) is 28.7 Å². The van der Waals surface area contributed by atoms with Crippen LogP contribution in [0.1, 0.15) is 0 Å². The lowest BCUT2D eigenvalue weighted by molar-refractivity contribution is -0.584. The van der Waals surface area contributed by atoms with Crippen LogP contribution in [0.5, 0.6) is 0 Å². The molecule has 4 N–H and O–H groups in total. The fourth-order valence-corrected chi connectivity index (χ4v) is 0.838. The average Bonchev–Trinajstić information content (AvgIpc) is 1.90. The lowest BCUT2D eigenvalue weighted by Crippen LogP contribution is -3.00. The zero-order valence-electron chi connectivity index (χ0n) is 5.22. The third kappa shape index (κ3) is 2.66. The molecule has 56 valence electrons. The van der Waals surface area contributed by atoms with Crippen LogP contribution in [0.3, 0.4) is 0 Å². The van der Waals surface area contributed by atoms with Gasteiger partial charge in [-0.3, -0.25) is 0 Å². The fraction of sp³-hybridized carbons (Fsp3) is 0. The predicted molar refractivity (Wildman–Crippen MR) is 39.9 cm³/mol. The molecule has 0 saturated carbocycles. The first kappa shape index (κ1) is 9.91. The quantitative estimate of drug-likeness (QED) is 0.309. The molecule has 0 bridgehead atoms. The maximum atomic E-state index is 5.26. The van der Waals surface area contributed by atoms with Crippen LogP contribution in [0.4, 0.5) is 5.69 Å². The molecule has 0 saturated heterocycles. The van der Waals surface area contributed by atoms with Crippen molar-refractivity contribution in [1.29, 1.82) is 0 Å². The van der Waals surface area contributed by atoms with E-state index in [4.69, 9.17) is 5.84 Å². The molecule has 0 aromatic heterocycles. The summed E-state index contributed by atoms with van der Waals surface area (Å²) < 4.78 is 1.08. The van der Waals surface area contributed by atoms with Gasteiger partial charge in [0.2, 0.25) is 0 Å². The van der Waals surface area contributed by atoms with Gasteiger partial charge >= 0.3 is 0 Å². The van der Waals surface area contributed by atoms with E-state index in [1.165, 1.54) is 0 Å². The highest BCUT2D eigenvalue weighted by Gasteiger charge is 1.89. The standard InChI is InChI=1S/C6H7BrN2.ClH/c7-5-1-3-6(9-8)4-2-5;/h1-4,9H,8H2;1H. The average molecular weight is 224 g/mol. The number of nitrogens with two attached hydrogens (primary N) is 2. The van der Waals surface area contributed by atoms with Crippen molar-refractivity contribution in [2.24, 2.45) is 5.84 Å². The third-order valence-electron chi connectivity index (χ3n) is 1.06. The van der Waals surface area contributed by atoms with Gasteiger partial charge in [0.05, 0.1) is 0 Å². The van der Waals surface area contributed by atoms with Gasteiger partial charge in [-0.05, 0) is 12.1 Å². The monoisotopic (exact) mass is 222 g/mol. The molecule has 4 heteroatoms. The van der Waals surface area contributed by atoms with Gasteiger partial charge in [0.25, 0.3) is 0 Å². The van der Waals surface area contributed by atoms with E-state index in [1.807, 2.05) is 24.3 Å². The summed E-state index contributed by atoms with van der Waals surface area (Å²) in [6.45, 7) is 0. The summed E-state index contributed by atoms with van der Waals surface area (Å²) in [6, 6.07) is 7.81. The lowest BCUT2D eigenvalue weighted by Gasteiger charge is -1.91. The molecule has 0 amide bonds. The van der Waals surface area contributed by atoms with Crippen molar-refractivity contribution in [3.8, 4) is 0 Å². The molecule has 0 aliphatic rings. The Kier molecular flexibility index (Phi) is 4.64. The number of quaternary nitrogens is 1. The van der Waals surface area contributed by atoms with Crippen LogP contribution in [-0.2, 0) is 0 Å². The Hall–Kier alpha value is -0.0900. The number of hydrogen-bond donors (Lipinski definition) is 2. The summed E-state index contributed by atoms with van der Waals surface area (Å²) in [5.74, 6) is 5.26. The van der Waals surface area contributed by atoms with Crippen molar-refractivity contribution in [3.63, 3.8) is 0 Å². The lowest BCUT2D eigenvalue weighted by atomic mass is 10.3. The summed E-state index contributed by atoms with van der Waals surface area (Å²) in [5, 5.41) is 0. The van der Waals surface area contributed by atoms with E-state index in [2.05, 4.69) is 15.9 Å². The second-order valence-electron chi connectivity index (χ2n) is 1.72. The van der Waals surface area contributed by atoms with Crippen LogP contribution in [0.2, 0.25) is 0 Å².